The number of rotatable bonds is 2. The smallest absolute Gasteiger partial charge is 0.194 e. The molecular formula is C10H17N3S. The monoisotopic (exact) mass is 211 g/mol. The van der Waals surface area contributed by atoms with E-state index < -0.39 is 0 Å². The van der Waals surface area contributed by atoms with Crippen LogP contribution in [-0.2, 0) is 0 Å². The molecule has 1 aromatic rings. The first-order chi connectivity index (χ1) is 6.44. The molecule has 1 heterocycles. The molecule has 3 nitrogen and oxygen atoms in total. The van der Waals surface area contributed by atoms with Gasteiger partial charge in [-0.3, -0.25) is 0 Å². The Morgan fingerprint density at radius 1 is 1.64 bits per heavy atom. The fourth-order valence-corrected chi connectivity index (χ4v) is 1.34. The minimum atomic E-state index is 0.0247. The van der Waals surface area contributed by atoms with Gasteiger partial charge in [-0.1, -0.05) is 6.92 Å². The molecule has 0 saturated heterocycles. The lowest BCUT2D eigenvalue weighted by molar-refractivity contribution is 0.441. The van der Waals surface area contributed by atoms with Gasteiger partial charge in [0.15, 0.2) is 5.11 Å². The Bertz CT molecular complexity index is 328. The Balaban J connectivity index is 2.68. The molecule has 0 atom stereocenters. The molecule has 1 rings (SSSR count). The number of aromatic nitrogens is 2. The van der Waals surface area contributed by atoms with Crippen LogP contribution in [0.15, 0.2) is 12.3 Å². The Morgan fingerprint density at radius 3 is 2.71 bits per heavy atom. The number of hydrogen-bond donors (Lipinski definition) is 1. The summed E-state index contributed by atoms with van der Waals surface area (Å²) in [5.74, 6) is 0. The van der Waals surface area contributed by atoms with E-state index in [-0.39, 0.29) is 5.54 Å². The molecular weight excluding hydrogens is 194 g/mol. The predicted octanol–water partition coefficient (Wildman–Crippen LogP) is 2.10. The first-order valence-corrected chi connectivity index (χ1v) is 5.20. The average Bonchev–Trinajstić information content (AvgIpc) is 2.51. The van der Waals surface area contributed by atoms with Crippen molar-refractivity contribution < 1.29 is 0 Å². The van der Waals surface area contributed by atoms with Crippen molar-refractivity contribution >= 4 is 17.3 Å². The van der Waals surface area contributed by atoms with E-state index in [1.807, 2.05) is 19.2 Å². The molecule has 4 heteroatoms. The van der Waals surface area contributed by atoms with Crippen LogP contribution in [-0.4, -0.2) is 20.4 Å². The van der Waals surface area contributed by atoms with E-state index in [4.69, 9.17) is 12.2 Å². The van der Waals surface area contributed by atoms with Gasteiger partial charge in [0, 0.05) is 11.7 Å². The fourth-order valence-electron chi connectivity index (χ4n) is 0.963. The van der Waals surface area contributed by atoms with Gasteiger partial charge >= 0.3 is 0 Å². The van der Waals surface area contributed by atoms with Crippen molar-refractivity contribution in [1.82, 2.24) is 15.1 Å². The van der Waals surface area contributed by atoms with Crippen molar-refractivity contribution in [2.45, 2.75) is 39.7 Å². The van der Waals surface area contributed by atoms with Gasteiger partial charge in [-0.05, 0) is 45.5 Å². The highest BCUT2D eigenvalue weighted by Crippen LogP contribution is 2.07. The molecule has 1 aromatic heterocycles. The zero-order chi connectivity index (χ0) is 10.8. The second kappa shape index (κ2) is 4.09. The maximum absolute atomic E-state index is 5.24. The molecule has 14 heavy (non-hydrogen) atoms. The van der Waals surface area contributed by atoms with Crippen LogP contribution >= 0.6 is 12.2 Å². The molecule has 0 aliphatic heterocycles. The average molecular weight is 211 g/mol. The topological polar surface area (TPSA) is 29.9 Å². The van der Waals surface area contributed by atoms with Crippen molar-refractivity contribution in [2.24, 2.45) is 0 Å². The highest BCUT2D eigenvalue weighted by atomic mass is 32.1. The minimum Gasteiger partial charge on any atom is -0.356 e. The minimum absolute atomic E-state index is 0.0247. The Kier molecular flexibility index (Phi) is 3.26. The van der Waals surface area contributed by atoms with E-state index in [9.17, 15) is 0 Å². The van der Waals surface area contributed by atoms with E-state index in [1.165, 1.54) is 0 Å². The summed E-state index contributed by atoms with van der Waals surface area (Å²) in [5, 5.41) is 8.17. The summed E-state index contributed by atoms with van der Waals surface area (Å²) < 4.78 is 1.70. The molecule has 0 saturated carbocycles. The number of aryl methyl sites for hydroxylation is 1. The number of thiocarbonyl (C=S) groups is 1. The lowest BCUT2D eigenvalue weighted by Gasteiger charge is -2.25. The molecule has 0 bridgehead atoms. The van der Waals surface area contributed by atoms with E-state index >= 15 is 0 Å². The molecule has 0 amide bonds. The van der Waals surface area contributed by atoms with Gasteiger partial charge < -0.3 is 5.32 Å². The molecule has 78 valence electrons. The van der Waals surface area contributed by atoms with Crippen molar-refractivity contribution in [3.05, 3.63) is 18.0 Å². The summed E-state index contributed by atoms with van der Waals surface area (Å²) in [7, 11) is 0. The molecule has 0 aliphatic carbocycles. The molecule has 0 unspecified atom stereocenters. The van der Waals surface area contributed by atoms with Crippen molar-refractivity contribution in [1.29, 1.82) is 0 Å². The first-order valence-electron chi connectivity index (χ1n) is 4.79. The van der Waals surface area contributed by atoms with Gasteiger partial charge in [0.2, 0.25) is 0 Å². The van der Waals surface area contributed by atoms with Crippen LogP contribution in [0.25, 0.3) is 0 Å². The highest BCUT2D eigenvalue weighted by Gasteiger charge is 2.16. The zero-order valence-electron chi connectivity index (χ0n) is 9.16. The SMILES string of the molecule is CCC(C)(C)NC(=S)n1ccc(C)n1. The molecule has 0 radical (unpaired) electrons. The van der Waals surface area contributed by atoms with Gasteiger partial charge in [-0.2, -0.15) is 5.10 Å². The third kappa shape index (κ3) is 2.80. The summed E-state index contributed by atoms with van der Waals surface area (Å²) in [6, 6.07) is 1.94. The van der Waals surface area contributed by atoms with Crippen LogP contribution in [0.1, 0.15) is 32.9 Å². The Hall–Kier alpha value is -0.900. The summed E-state index contributed by atoms with van der Waals surface area (Å²) in [5.41, 5.74) is 1.00. The largest absolute Gasteiger partial charge is 0.356 e. The normalized spacial score (nSPS) is 11.4. The third-order valence-electron chi connectivity index (χ3n) is 2.26. The summed E-state index contributed by atoms with van der Waals surface area (Å²) in [4.78, 5) is 0. The van der Waals surface area contributed by atoms with E-state index in [0.717, 1.165) is 12.1 Å². The molecule has 0 spiro atoms. The van der Waals surface area contributed by atoms with Crippen molar-refractivity contribution in [3.8, 4) is 0 Å². The number of hydrogen-bond acceptors (Lipinski definition) is 2. The van der Waals surface area contributed by atoms with Crippen LogP contribution in [0.2, 0.25) is 0 Å². The summed E-state index contributed by atoms with van der Waals surface area (Å²) in [6.07, 6.45) is 2.89. The second-order valence-electron chi connectivity index (χ2n) is 4.07. The van der Waals surface area contributed by atoms with Crippen molar-refractivity contribution in [3.63, 3.8) is 0 Å². The number of nitrogens with one attached hydrogen (secondary N) is 1. The van der Waals surface area contributed by atoms with Gasteiger partial charge in [0.25, 0.3) is 0 Å². The van der Waals surface area contributed by atoms with Crippen LogP contribution in [0, 0.1) is 6.92 Å². The fraction of sp³-hybridized carbons (Fsp3) is 0.600. The lowest BCUT2D eigenvalue weighted by atomic mass is 10.0. The standard InChI is InChI=1S/C10H17N3S/c1-5-10(3,4)11-9(14)13-7-6-8(2)12-13/h6-7H,5H2,1-4H3,(H,11,14). The van der Waals surface area contributed by atoms with Gasteiger partial charge in [0.1, 0.15) is 0 Å². The Morgan fingerprint density at radius 2 is 2.29 bits per heavy atom. The van der Waals surface area contributed by atoms with Crippen LogP contribution < -0.4 is 5.32 Å². The molecule has 1 N–H and O–H groups in total. The van der Waals surface area contributed by atoms with E-state index in [2.05, 4.69) is 31.2 Å². The van der Waals surface area contributed by atoms with Gasteiger partial charge in [-0.25, -0.2) is 4.68 Å². The maximum atomic E-state index is 5.24. The third-order valence-corrected chi connectivity index (χ3v) is 2.55. The van der Waals surface area contributed by atoms with Gasteiger partial charge in [0.05, 0.1) is 5.69 Å². The van der Waals surface area contributed by atoms with Crippen LogP contribution in [0.4, 0.5) is 0 Å². The molecule has 0 fully saturated rings. The summed E-state index contributed by atoms with van der Waals surface area (Å²) in [6.45, 7) is 8.32. The van der Waals surface area contributed by atoms with E-state index in [1.54, 1.807) is 4.68 Å². The lowest BCUT2D eigenvalue weighted by Crippen LogP contribution is -2.44. The quantitative estimate of drug-likeness (QED) is 0.760. The number of nitrogens with zero attached hydrogens (tertiary/aromatic N) is 2. The molecule has 0 aliphatic rings. The Labute approximate surface area is 90.5 Å². The zero-order valence-corrected chi connectivity index (χ0v) is 9.98. The first kappa shape index (κ1) is 11.2. The maximum Gasteiger partial charge on any atom is 0.194 e. The molecule has 0 aromatic carbocycles. The second-order valence-corrected chi connectivity index (χ2v) is 4.46. The van der Waals surface area contributed by atoms with Crippen LogP contribution in [0.5, 0.6) is 0 Å². The summed E-state index contributed by atoms with van der Waals surface area (Å²) >= 11 is 5.24. The van der Waals surface area contributed by atoms with Crippen LogP contribution in [0.3, 0.4) is 0 Å². The van der Waals surface area contributed by atoms with E-state index in [0.29, 0.717) is 5.11 Å². The van der Waals surface area contributed by atoms with Gasteiger partial charge in [-0.15, -0.1) is 0 Å². The predicted molar refractivity (Wildman–Crippen MR) is 62.5 cm³/mol. The highest BCUT2D eigenvalue weighted by molar-refractivity contribution is 7.80. The van der Waals surface area contributed by atoms with Crippen molar-refractivity contribution in [2.75, 3.05) is 0 Å².